The van der Waals surface area contributed by atoms with E-state index in [-0.39, 0.29) is 5.89 Å². The molecule has 0 aliphatic carbocycles. The minimum atomic E-state index is -1.28. The Morgan fingerprint density at radius 1 is 1.04 bits per heavy atom. The van der Waals surface area contributed by atoms with Gasteiger partial charge in [0.25, 0.3) is 0 Å². The third kappa shape index (κ3) is 3.10. The van der Waals surface area contributed by atoms with E-state index in [0.29, 0.717) is 17.4 Å². The molecular weight excluding hydrogens is 313 g/mol. The van der Waals surface area contributed by atoms with Crippen LogP contribution in [0.15, 0.2) is 45.6 Å². The van der Waals surface area contributed by atoms with E-state index in [2.05, 4.69) is 10.2 Å². The molecule has 1 aromatic heterocycles. The molecule has 3 rings (SSSR count). The number of hydrogen-bond acceptors (Lipinski definition) is 4. The Hall–Kier alpha value is -3.03. The number of aromatic amines is 1. The molecule has 0 aliphatic heterocycles. The van der Waals surface area contributed by atoms with Crippen molar-refractivity contribution < 1.29 is 22.3 Å². The topological polar surface area (TPSA) is 68.1 Å². The first-order chi connectivity index (χ1) is 11.0. The van der Waals surface area contributed by atoms with Crippen LogP contribution in [0.2, 0.25) is 0 Å². The highest BCUT2D eigenvalue weighted by atomic mass is 19.2. The van der Waals surface area contributed by atoms with E-state index in [9.17, 15) is 18.0 Å². The number of H-pyrrole nitrogens is 1. The number of nitrogens with one attached hydrogen (secondary N) is 1. The molecule has 0 aliphatic rings. The minimum Gasteiger partial charge on any atom is -0.489 e. The van der Waals surface area contributed by atoms with E-state index in [1.165, 1.54) is 12.1 Å². The van der Waals surface area contributed by atoms with Crippen molar-refractivity contribution in [2.75, 3.05) is 0 Å². The zero-order chi connectivity index (χ0) is 16.4. The Kier molecular flexibility index (Phi) is 3.88. The molecule has 0 fully saturated rings. The van der Waals surface area contributed by atoms with Gasteiger partial charge < -0.3 is 9.15 Å². The summed E-state index contributed by atoms with van der Waals surface area (Å²) in [4.78, 5) is 10.9. The fourth-order valence-corrected chi connectivity index (χ4v) is 1.90. The average molecular weight is 322 g/mol. The van der Waals surface area contributed by atoms with Gasteiger partial charge in [0, 0.05) is 5.56 Å². The van der Waals surface area contributed by atoms with E-state index < -0.39 is 35.4 Å². The summed E-state index contributed by atoms with van der Waals surface area (Å²) < 4.78 is 50.1. The monoisotopic (exact) mass is 322 g/mol. The molecule has 0 spiro atoms. The van der Waals surface area contributed by atoms with Crippen LogP contribution in [0.5, 0.6) is 5.75 Å². The predicted molar refractivity (Wildman–Crippen MR) is 73.2 cm³/mol. The Balaban J connectivity index is 1.75. The molecule has 23 heavy (non-hydrogen) atoms. The summed E-state index contributed by atoms with van der Waals surface area (Å²) in [6.45, 7) is -0.466. The fraction of sp³-hybridized carbons (Fsp3) is 0.0667. The maximum absolute atomic E-state index is 13.5. The van der Waals surface area contributed by atoms with Crippen LogP contribution >= 0.6 is 0 Å². The summed E-state index contributed by atoms with van der Waals surface area (Å²) in [5, 5.41) is 5.78. The largest absolute Gasteiger partial charge is 0.489 e. The Bertz CT molecular complexity index is 888. The van der Waals surface area contributed by atoms with E-state index in [0.717, 1.165) is 6.07 Å². The van der Waals surface area contributed by atoms with Crippen molar-refractivity contribution in [3.63, 3.8) is 0 Å². The van der Waals surface area contributed by atoms with Crippen molar-refractivity contribution in [2.45, 2.75) is 6.61 Å². The van der Waals surface area contributed by atoms with E-state index >= 15 is 0 Å². The molecule has 3 aromatic rings. The van der Waals surface area contributed by atoms with Gasteiger partial charge in [-0.1, -0.05) is 0 Å². The van der Waals surface area contributed by atoms with Gasteiger partial charge in [-0.3, -0.25) is 0 Å². The molecule has 1 heterocycles. The van der Waals surface area contributed by atoms with Crippen LogP contribution in [0.1, 0.15) is 5.56 Å². The van der Waals surface area contributed by atoms with E-state index in [4.69, 9.17) is 9.15 Å². The minimum absolute atomic E-state index is 0.101. The van der Waals surface area contributed by atoms with Gasteiger partial charge in [-0.15, -0.1) is 5.10 Å². The van der Waals surface area contributed by atoms with Crippen molar-refractivity contribution in [3.05, 3.63) is 70.0 Å². The lowest BCUT2D eigenvalue weighted by atomic mass is 10.2. The van der Waals surface area contributed by atoms with Crippen molar-refractivity contribution >= 4 is 0 Å². The fourth-order valence-electron chi connectivity index (χ4n) is 1.90. The van der Waals surface area contributed by atoms with Gasteiger partial charge in [-0.2, -0.15) is 0 Å². The molecule has 0 bridgehead atoms. The highest BCUT2D eigenvalue weighted by Crippen LogP contribution is 2.22. The third-order valence-electron chi connectivity index (χ3n) is 3.06. The lowest BCUT2D eigenvalue weighted by Gasteiger charge is -2.08. The summed E-state index contributed by atoms with van der Waals surface area (Å²) in [7, 11) is 0. The summed E-state index contributed by atoms with van der Waals surface area (Å²) >= 11 is 0. The normalized spacial score (nSPS) is 10.7. The SMILES string of the molecule is O=c1[nH]nc(-c2ccc(OCc3c(F)ccc(F)c3F)cc2)o1. The molecule has 0 unspecified atom stereocenters. The summed E-state index contributed by atoms with van der Waals surface area (Å²) in [5.74, 6) is -3.59. The lowest BCUT2D eigenvalue weighted by Crippen LogP contribution is -2.04. The summed E-state index contributed by atoms with van der Waals surface area (Å²) in [6, 6.07) is 7.64. The van der Waals surface area contributed by atoms with Gasteiger partial charge in [-0.05, 0) is 36.4 Å². The van der Waals surface area contributed by atoms with Crippen molar-refractivity contribution in [1.82, 2.24) is 10.2 Å². The first-order valence-corrected chi connectivity index (χ1v) is 6.45. The molecule has 2 aromatic carbocycles. The van der Waals surface area contributed by atoms with Gasteiger partial charge in [0.15, 0.2) is 11.6 Å². The van der Waals surface area contributed by atoms with Crippen molar-refractivity contribution in [1.29, 1.82) is 0 Å². The third-order valence-corrected chi connectivity index (χ3v) is 3.06. The number of nitrogens with zero attached hydrogens (tertiary/aromatic N) is 1. The quantitative estimate of drug-likeness (QED) is 0.750. The van der Waals surface area contributed by atoms with Crippen LogP contribution < -0.4 is 10.5 Å². The van der Waals surface area contributed by atoms with E-state index in [1.807, 2.05) is 0 Å². The highest BCUT2D eigenvalue weighted by Gasteiger charge is 2.14. The molecule has 5 nitrogen and oxygen atoms in total. The number of ether oxygens (including phenoxy) is 1. The molecular formula is C15H9F3N2O3. The van der Waals surface area contributed by atoms with Crippen LogP contribution in [0.25, 0.3) is 11.5 Å². The van der Waals surface area contributed by atoms with Gasteiger partial charge >= 0.3 is 5.76 Å². The van der Waals surface area contributed by atoms with Gasteiger partial charge in [0.05, 0.1) is 5.56 Å². The van der Waals surface area contributed by atoms with Gasteiger partial charge in [-0.25, -0.2) is 23.1 Å². The van der Waals surface area contributed by atoms with Gasteiger partial charge in [0.2, 0.25) is 5.89 Å². The van der Waals surface area contributed by atoms with Gasteiger partial charge in [0.1, 0.15) is 18.2 Å². The average Bonchev–Trinajstić information content (AvgIpc) is 2.98. The maximum Gasteiger partial charge on any atom is 0.434 e. The number of aromatic nitrogens is 2. The number of benzene rings is 2. The van der Waals surface area contributed by atoms with Crippen molar-refractivity contribution in [3.8, 4) is 17.2 Å². The van der Waals surface area contributed by atoms with Crippen LogP contribution in [0.4, 0.5) is 13.2 Å². The highest BCUT2D eigenvalue weighted by molar-refractivity contribution is 5.53. The first-order valence-electron chi connectivity index (χ1n) is 6.45. The zero-order valence-electron chi connectivity index (χ0n) is 11.5. The number of halogens is 3. The Morgan fingerprint density at radius 2 is 1.74 bits per heavy atom. The molecule has 0 atom stereocenters. The van der Waals surface area contributed by atoms with Crippen LogP contribution in [-0.4, -0.2) is 10.2 Å². The molecule has 0 saturated carbocycles. The summed E-state index contributed by atoms with van der Waals surface area (Å²) in [5.41, 5.74) is 0.0196. The lowest BCUT2D eigenvalue weighted by molar-refractivity contribution is 0.289. The smallest absolute Gasteiger partial charge is 0.434 e. The predicted octanol–water partition coefficient (Wildman–Crippen LogP) is 3.03. The molecule has 8 heteroatoms. The molecule has 118 valence electrons. The Labute approximate surface area is 127 Å². The molecule has 0 amide bonds. The standard InChI is InChI=1S/C15H9F3N2O3/c16-11-5-6-12(17)13(18)10(11)7-22-9-3-1-8(2-4-9)14-19-20-15(21)23-14/h1-6H,7H2,(H,20,21). The molecule has 1 N–H and O–H groups in total. The maximum atomic E-state index is 13.5. The van der Waals surface area contributed by atoms with E-state index in [1.54, 1.807) is 12.1 Å². The number of hydrogen-bond donors (Lipinski definition) is 1. The van der Waals surface area contributed by atoms with Crippen LogP contribution in [0.3, 0.4) is 0 Å². The van der Waals surface area contributed by atoms with Crippen LogP contribution in [-0.2, 0) is 6.61 Å². The summed E-state index contributed by atoms with van der Waals surface area (Å²) in [6.07, 6.45) is 0. The number of rotatable bonds is 4. The zero-order valence-corrected chi connectivity index (χ0v) is 11.5. The molecule has 0 saturated heterocycles. The van der Waals surface area contributed by atoms with Crippen molar-refractivity contribution in [2.24, 2.45) is 0 Å². The second-order valence-electron chi connectivity index (χ2n) is 4.55. The second kappa shape index (κ2) is 5.99. The van der Waals surface area contributed by atoms with Crippen LogP contribution in [0, 0.1) is 17.5 Å². The molecule has 0 radical (unpaired) electrons. The first kappa shape index (κ1) is 14.9. The second-order valence-corrected chi connectivity index (χ2v) is 4.55. The Morgan fingerprint density at radius 3 is 2.39 bits per heavy atom.